The van der Waals surface area contributed by atoms with Crippen LogP contribution < -0.4 is 0 Å². The number of hydrogen-bond donors (Lipinski definition) is 0. The Bertz CT molecular complexity index is 157. The summed E-state index contributed by atoms with van der Waals surface area (Å²) >= 11 is 0. The fourth-order valence-electron chi connectivity index (χ4n) is 3.93. The molecule has 2 unspecified atom stereocenters. The molecule has 2 atom stereocenters. The van der Waals surface area contributed by atoms with E-state index in [9.17, 15) is 0 Å². The summed E-state index contributed by atoms with van der Waals surface area (Å²) < 4.78 is 0. The van der Waals surface area contributed by atoms with E-state index in [0.29, 0.717) is 0 Å². The molecule has 0 bridgehead atoms. The number of hydrogen-bond acceptors (Lipinski definition) is 0. The minimum absolute atomic E-state index is 0. The summed E-state index contributed by atoms with van der Waals surface area (Å²) in [6, 6.07) is 0. The number of rotatable bonds is 4. The zero-order chi connectivity index (χ0) is 10.7. The molecule has 1 saturated heterocycles. The Labute approximate surface area is 108 Å². The van der Waals surface area contributed by atoms with Gasteiger partial charge in [0.2, 0.25) is 0 Å². The molecule has 0 spiro atoms. The minimum atomic E-state index is 0. The molecule has 89 valence electrons. The molecule has 1 heterocycles. The Morgan fingerprint density at radius 2 is 1.67 bits per heavy atom. The summed E-state index contributed by atoms with van der Waals surface area (Å²) in [5, 5.41) is 0. The van der Waals surface area contributed by atoms with Crippen LogP contribution in [0.3, 0.4) is 0 Å². The quantitative estimate of drug-likeness (QED) is 0.516. The van der Waals surface area contributed by atoms with Crippen LogP contribution in [0, 0.1) is 5.82 Å². The van der Waals surface area contributed by atoms with Crippen LogP contribution in [0.5, 0.6) is 0 Å². The van der Waals surface area contributed by atoms with Gasteiger partial charge in [-0.3, -0.25) is 0 Å². The van der Waals surface area contributed by atoms with E-state index in [1.165, 1.54) is 25.5 Å². The molecule has 1 rings (SSSR count). The predicted octanol–water partition coefficient (Wildman–Crippen LogP) is 4.26. The van der Waals surface area contributed by atoms with Gasteiger partial charge in [0.25, 0.3) is 0 Å². The van der Waals surface area contributed by atoms with E-state index >= 15 is 0 Å². The zero-order valence-corrected chi connectivity index (χ0v) is 12.0. The molecule has 1 fully saturated rings. The SMILES string of the molecule is CCB1[C-](CC)C(CC)B(CC)C1C.[Co]. The van der Waals surface area contributed by atoms with Crippen molar-refractivity contribution >= 4 is 13.4 Å². The van der Waals surface area contributed by atoms with Crippen LogP contribution in [0.4, 0.5) is 0 Å². The summed E-state index contributed by atoms with van der Waals surface area (Å²) in [6.45, 7) is 13.8. The van der Waals surface area contributed by atoms with E-state index in [1.807, 2.05) is 5.82 Å². The molecule has 0 aromatic rings. The normalized spacial score (nSPS) is 27.0. The second-order valence-corrected chi connectivity index (χ2v) is 4.89. The van der Waals surface area contributed by atoms with Gasteiger partial charge in [-0.05, 0) is 6.71 Å². The maximum Gasteiger partial charge on any atom is 0.104 e. The van der Waals surface area contributed by atoms with Gasteiger partial charge in [-0.2, -0.15) is 12.2 Å². The van der Waals surface area contributed by atoms with Crippen LogP contribution in [-0.2, 0) is 16.8 Å². The molecule has 1 radical (unpaired) electrons. The molecule has 0 aromatic heterocycles. The average Bonchev–Trinajstić information content (AvgIpc) is 2.48. The maximum absolute atomic E-state index is 2.48. The third-order valence-electron chi connectivity index (χ3n) is 4.54. The van der Waals surface area contributed by atoms with Crippen molar-refractivity contribution in [1.82, 2.24) is 0 Å². The van der Waals surface area contributed by atoms with E-state index < -0.39 is 0 Å². The van der Waals surface area contributed by atoms with Crippen molar-refractivity contribution < 1.29 is 16.8 Å². The van der Waals surface area contributed by atoms with E-state index in [2.05, 4.69) is 34.6 Å². The average molecular weight is 250 g/mol. The second kappa shape index (κ2) is 7.06. The van der Waals surface area contributed by atoms with Gasteiger partial charge in [-0.1, -0.05) is 47.4 Å². The molecular formula is C12H25B2Co-. The molecule has 0 N–H and O–H groups in total. The monoisotopic (exact) mass is 250 g/mol. The van der Waals surface area contributed by atoms with Gasteiger partial charge in [-0.25, -0.2) is 0 Å². The molecule has 0 amide bonds. The van der Waals surface area contributed by atoms with Crippen LogP contribution in [0.1, 0.15) is 47.5 Å². The van der Waals surface area contributed by atoms with Crippen molar-refractivity contribution in [3.63, 3.8) is 0 Å². The first-order chi connectivity index (χ1) is 6.71. The molecule has 0 saturated carbocycles. The van der Waals surface area contributed by atoms with Gasteiger partial charge >= 0.3 is 0 Å². The van der Waals surface area contributed by atoms with Gasteiger partial charge in [-0.15, -0.1) is 12.0 Å². The van der Waals surface area contributed by atoms with Gasteiger partial charge < -0.3 is 5.82 Å². The van der Waals surface area contributed by atoms with Crippen LogP contribution in [0.15, 0.2) is 0 Å². The summed E-state index contributed by atoms with van der Waals surface area (Å²) in [5.74, 6) is 2.82. The molecule has 3 heteroatoms. The summed E-state index contributed by atoms with van der Waals surface area (Å²) in [5.41, 5.74) is 0.935. The van der Waals surface area contributed by atoms with Crippen LogP contribution in [-0.4, -0.2) is 13.4 Å². The standard InChI is InChI=1S/C12H25B2.Co/c1-6-11-12(7-2)14(9-4)10(5)13(11)8-3;/h10-11H,6-9H2,1-5H3;/q-1;. The van der Waals surface area contributed by atoms with Gasteiger partial charge in [0.1, 0.15) is 6.71 Å². The van der Waals surface area contributed by atoms with E-state index in [4.69, 9.17) is 0 Å². The smallest absolute Gasteiger partial charge is 0.104 e. The Morgan fingerprint density at radius 3 is 2.00 bits per heavy atom. The Kier molecular flexibility index (Phi) is 7.36. The van der Waals surface area contributed by atoms with Crippen molar-refractivity contribution in [2.24, 2.45) is 0 Å². The molecule has 1 aliphatic heterocycles. The van der Waals surface area contributed by atoms with E-state index in [1.54, 1.807) is 0 Å². The first-order valence-electron chi connectivity index (χ1n) is 6.56. The fraction of sp³-hybridized carbons (Fsp3) is 0.917. The minimum Gasteiger partial charge on any atom is -0.340 e. The van der Waals surface area contributed by atoms with Gasteiger partial charge in [0, 0.05) is 16.8 Å². The van der Waals surface area contributed by atoms with Gasteiger partial charge in [0.05, 0.1) is 0 Å². The van der Waals surface area contributed by atoms with Crippen molar-refractivity contribution in [3.05, 3.63) is 5.82 Å². The zero-order valence-electron chi connectivity index (χ0n) is 11.0. The second-order valence-electron chi connectivity index (χ2n) is 4.89. The largest absolute Gasteiger partial charge is 0.340 e. The molecular weight excluding hydrogens is 225 g/mol. The third kappa shape index (κ3) is 2.85. The molecule has 0 aliphatic carbocycles. The van der Waals surface area contributed by atoms with Crippen molar-refractivity contribution in [2.75, 3.05) is 0 Å². The Morgan fingerprint density at radius 1 is 1.07 bits per heavy atom. The summed E-state index contributed by atoms with van der Waals surface area (Å²) in [4.78, 5) is 0. The summed E-state index contributed by atoms with van der Waals surface area (Å²) in [7, 11) is 0. The van der Waals surface area contributed by atoms with Crippen molar-refractivity contribution in [1.29, 1.82) is 0 Å². The summed E-state index contributed by atoms with van der Waals surface area (Å²) in [6.07, 6.45) is 5.41. The van der Waals surface area contributed by atoms with Crippen molar-refractivity contribution in [3.8, 4) is 0 Å². The fourth-order valence-corrected chi connectivity index (χ4v) is 3.93. The predicted molar refractivity (Wildman–Crippen MR) is 69.5 cm³/mol. The van der Waals surface area contributed by atoms with Crippen LogP contribution in [0.25, 0.3) is 0 Å². The molecule has 0 aromatic carbocycles. The topological polar surface area (TPSA) is 0 Å². The van der Waals surface area contributed by atoms with Crippen LogP contribution in [0.2, 0.25) is 24.2 Å². The first kappa shape index (κ1) is 15.6. The van der Waals surface area contributed by atoms with Crippen LogP contribution >= 0.6 is 0 Å². The Hall–Kier alpha value is 0.636. The molecule has 15 heavy (non-hydrogen) atoms. The molecule has 0 nitrogen and oxygen atoms in total. The van der Waals surface area contributed by atoms with Crippen molar-refractivity contribution in [2.45, 2.75) is 71.6 Å². The van der Waals surface area contributed by atoms with E-state index in [-0.39, 0.29) is 16.8 Å². The Balaban J connectivity index is 0.00000196. The van der Waals surface area contributed by atoms with E-state index in [0.717, 1.165) is 25.0 Å². The third-order valence-corrected chi connectivity index (χ3v) is 4.54. The maximum atomic E-state index is 2.48. The first-order valence-corrected chi connectivity index (χ1v) is 6.56. The molecule has 1 aliphatic rings. The van der Waals surface area contributed by atoms with Gasteiger partial charge in [0.15, 0.2) is 0 Å².